The van der Waals surface area contributed by atoms with E-state index in [0.717, 1.165) is 83.5 Å². The largest absolute Gasteiger partial charge is 0.462 e. The van der Waals surface area contributed by atoms with Gasteiger partial charge in [0.15, 0.2) is 6.10 Å². The summed E-state index contributed by atoms with van der Waals surface area (Å²) in [5.74, 6) is -0.846. The van der Waals surface area contributed by atoms with Gasteiger partial charge in [-0.15, -0.1) is 0 Å². The molecule has 1 unspecified atom stereocenters. The third kappa shape index (κ3) is 65.9. The fourth-order valence-electron chi connectivity index (χ4n) is 10.5. The molecule has 1 atom stereocenters. The lowest BCUT2D eigenvalue weighted by molar-refractivity contribution is -0.167. The Balaban J connectivity index is 4.27. The first-order valence-corrected chi connectivity index (χ1v) is 35.3. The molecule has 0 aliphatic heterocycles. The first kappa shape index (κ1) is 77.1. The van der Waals surface area contributed by atoms with E-state index in [1.165, 1.54) is 250 Å². The van der Waals surface area contributed by atoms with E-state index in [4.69, 9.17) is 14.2 Å². The van der Waals surface area contributed by atoms with Gasteiger partial charge in [0.05, 0.1) is 0 Å². The van der Waals surface area contributed by atoms with E-state index in [9.17, 15) is 14.4 Å². The molecule has 0 spiro atoms. The average molecular weight is 1120 g/mol. The van der Waals surface area contributed by atoms with E-state index in [-0.39, 0.29) is 31.1 Å². The Kier molecular flexibility index (Phi) is 66.1. The van der Waals surface area contributed by atoms with Crippen LogP contribution in [-0.2, 0) is 28.6 Å². The van der Waals surface area contributed by atoms with Gasteiger partial charge in [-0.3, -0.25) is 14.4 Å². The van der Waals surface area contributed by atoms with Crippen LogP contribution in [0.2, 0.25) is 0 Å². The van der Waals surface area contributed by atoms with Crippen LogP contribution < -0.4 is 0 Å². The third-order valence-corrected chi connectivity index (χ3v) is 15.8. The molecule has 0 aliphatic rings. The van der Waals surface area contributed by atoms with Crippen LogP contribution in [0.1, 0.15) is 374 Å². The van der Waals surface area contributed by atoms with Crippen LogP contribution in [-0.4, -0.2) is 37.2 Å². The highest BCUT2D eigenvalue weighted by atomic mass is 16.6. The van der Waals surface area contributed by atoms with Gasteiger partial charge in [-0.1, -0.05) is 332 Å². The minimum atomic E-state index is -0.774. The molecule has 0 aromatic rings. The van der Waals surface area contributed by atoms with Crippen LogP contribution in [0.4, 0.5) is 0 Å². The summed E-state index contributed by atoms with van der Waals surface area (Å²) in [6.07, 6.45) is 88.1. The Morgan fingerprint density at radius 2 is 0.487 bits per heavy atom. The molecule has 6 nitrogen and oxygen atoms in total. The third-order valence-electron chi connectivity index (χ3n) is 15.8. The maximum absolute atomic E-state index is 13.0. The number of carbonyl (C=O) groups is 3. The van der Waals surface area contributed by atoms with Gasteiger partial charge >= 0.3 is 17.9 Å². The summed E-state index contributed by atoms with van der Waals surface area (Å²) in [4.78, 5) is 38.5. The van der Waals surface area contributed by atoms with Crippen molar-refractivity contribution >= 4 is 17.9 Å². The fraction of sp³-hybridized carbons (Fsp3) is 0.824. The lowest BCUT2D eigenvalue weighted by Crippen LogP contribution is -2.30. The maximum Gasteiger partial charge on any atom is 0.306 e. The summed E-state index contributed by atoms with van der Waals surface area (Å²) in [5.41, 5.74) is 0. The predicted octanol–water partition coefficient (Wildman–Crippen LogP) is 24.3. The van der Waals surface area contributed by atoms with Crippen LogP contribution in [0.5, 0.6) is 0 Å². The van der Waals surface area contributed by atoms with Crippen molar-refractivity contribution in [2.24, 2.45) is 0 Å². The van der Waals surface area contributed by atoms with E-state index in [0.29, 0.717) is 19.3 Å². The second kappa shape index (κ2) is 68.6. The molecule has 6 heteroatoms. The van der Waals surface area contributed by atoms with Crippen molar-refractivity contribution in [3.63, 3.8) is 0 Å². The van der Waals surface area contributed by atoms with Crippen LogP contribution in [0.3, 0.4) is 0 Å². The molecule has 0 heterocycles. The summed E-state index contributed by atoms with van der Waals surface area (Å²) in [6, 6.07) is 0. The molecule has 0 aromatic carbocycles. The van der Waals surface area contributed by atoms with Gasteiger partial charge in [-0.2, -0.15) is 0 Å². The van der Waals surface area contributed by atoms with Gasteiger partial charge < -0.3 is 14.2 Å². The Labute approximate surface area is 498 Å². The first-order chi connectivity index (χ1) is 39.5. The number of hydrogen-bond acceptors (Lipinski definition) is 6. The summed E-state index contributed by atoms with van der Waals surface area (Å²) in [7, 11) is 0. The van der Waals surface area contributed by atoms with E-state index in [2.05, 4.69) is 81.5 Å². The maximum atomic E-state index is 13.0. The standard InChI is InChI=1S/C74H134O6/c1-4-7-10-13-16-19-22-25-28-31-33-34-35-36-37-38-39-40-42-43-46-49-52-55-58-61-64-67-73(76)79-70-71(69-78-72(75)66-63-60-57-54-51-48-45-30-27-24-21-18-15-12-9-6-3)80-74(77)68-65-62-59-56-53-50-47-44-41-32-29-26-23-20-17-14-11-8-5-2/h7,10,16,19,25-26,28-29,33-34,71H,4-6,8-9,11-15,17-18,20-24,27,30-32,35-70H2,1-3H3/b10-7-,19-16-,28-25-,29-26-,34-33-. The lowest BCUT2D eigenvalue weighted by atomic mass is 10.0. The number of rotatable bonds is 65. The molecule has 0 amide bonds. The van der Waals surface area contributed by atoms with Crippen LogP contribution >= 0.6 is 0 Å². The summed E-state index contributed by atoms with van der Waals surface area (Å²) >= 11 is 0. The number of esters is 3. The molecule has 0 aromatic heterocycles. The molecule has 0 aliphatic carbocycles. The fourth-order valence-corrected chi connectivity index (χ4v) is 10.5. The molecule has 0 N–H and O–H groups in total. The van der Waals surface area contributed by atoms with Crippen LogP contribution in [0, 0.1) is 0 Å². The molecular weight excluding hydrogens is 985 g/mol. The van der Waals surface area contributed by atoms with Crippen molar-refractivity contribution < 1.29 is 28.6 Å². The highest BCUT2D eigenvalue weighted by Crippen LogP contribution is 2.18. The van der Waals surface area contributed by atoms with Crippen molar-refractivity contribution in [2.45, 2.75) is 380 Å². The lowest BCUT2D eigenvalue weighted by Gasteiger charge is -2.18. The Morgan fingerprint density at radius 3 is 0.775 bits per heavy atom. The van der Waals surface area contributed by atoms with Gasteiger partial charge in [-0.25, -0.2) is 0 Å². The van der Waals surface area contributed by atoms with Gasteiger partial charge in [0.2, 0.25) is 0 Å². The zero-order valence-corrected chi connectivity index (χ0v) is 53.6. The zero-order chi connectivity index (χ0) is 57.8. The number of unbranched alkanes of at least 4 members (excludes halogenated alkanes) is 44. The summed E-state index contributed by atoms with van der Waals surface area (Å²) < 4.78 is 17.0. The molecule has 0 saturated heterocycles. The minimum absolute atomic E-state index is 0.0695. The normalized spacial score (nSPS) is 12.4. The number of carbonyl (C=O) groups excluding carboxylic acids is 3. The van der Waals surface area contributed by atoms with Gasteiger partial charge in [-0.05, 0) is 83.5 Å². The Hall–Kier alpha value is -2.89. The smallest absolute Gasteiger partial charge is 0.306 e. The number of allylic oxidation sites excluding steroid dienone is 10. The van der Waals surface area contributed by atoms with E-state index < -0.39 is 6.10 Å². The average Bonchev–Trinajstić information content (AvgIpc) is 3.46. The second-order valence-corrected chi connectivity index (χ2v) is 23.8. The van der Waals surface area contributed by atoms with Crippen molar-refractivity contribution in [2.75, 3.05) is 13.2 Å². The van der Waals surface area contributed by atoms with Crippen molar-refractivity contribution in [3.05, 3.63) is 60.8 Å². The molecule has 80 heavy (non-hydrogen) atoms. The highest BCUT2D eigenvalue weighted by Gasteiger charge is 2.19. The minimum Gasteiger partial charge on any atom is -0.462 e. The van der Waals surface area contributed by atoms with Crippen molar-refractivity contribution in [1.82, 2.24) is 0 Å². The number of ether oxygens (including phenoxy) is 3. The number of hydrogen-bond donors (Lipinski definition) is 0. The summed E-state index contributed by atoms with van der Waals surface area (Å²) in [5, 5.41) is 0. The molecule has 0 bridgehead atoms. The Morgan fingerprint density at radius 1 is 0.263 bits per heavy atom. The highest BCUT2D eigenvalue weighted by molar-refractivity contribution is 5.71. The van der Waals surface area contributed by atoms with E-state index in [1.54, 1.807) is 0 Å². The molecule has 466 valence electrons. The van der Waals surface area contributed by atoms with Gasteiger partial charge in [0, 0.05) is 19.3 Å². The molecule has 0 saturated carbocycles. The van der Waals surface area contributed by atoms with E-state index >= 15 is 0 Å². The predicted molar refractivity (Wildman–Crippen MR) is 348 cm³/mol. The van der Waals surface area contributed by atoms with Crippen molar-refractivity contribution in [3.8, 4) is 0 Å². The summed E-state index contributed by atoms with van der Waals surface area (Å²) in [6.45, 7) is 6.59. The topological polar surface area (TPSA) is 78.9 Å². The van der Waals surface area contributed by atoms with Crippen molar-refractivity contribution in [1.29, 1.82) is 0 Å². The van der Waals surface area contributed by atoms with Crippen LogP contribution in [0.25, 0.3) is 0 Å². The second-order valence-electron chi connectivity index (χ2n) is 23.8. The van der Waals surface area contributed by atoms with Crippen LogP contribution in [0.15, 0.2) is 60.8 Å². The molecule has 0 rings (SSSR count). The molecule has 0 radical (unpaired) electrons. The molecule has 0 fully saturated rings. The zero-order valence-electron chi connectivity index (χ0n) is 53.6. The monoisotopic (exact) mass is 1120 g/mol. The SMILES string of the molecule is CC/C=C\C/C=C\C/C=C\C/C=C\CCCCCCCCCCCCCCCCC(=O)OCC(COC(=O)CCCCCCCCCCCCCCCCCC)OC(=O)CCCCCCCCCCC/C=C\CCCCCCCC. The van der Waals surface area contributed by atoms with E-state index in [1.807, 2.05) is 0 Å². The molecular formula is C74H134O6. The first-order valence-electron chi connectivity index (χ1n) is 35.3. The van der Waals surface area contributed by atoms with Gasteiger partial charge in [0.1, 0.15) is 13.2 Å². The Bertz CT molecular complexity index is 1430. The quantitative estimate of drug-likeness (QED) is 0.0261. The van der Waals surface area contributed by atoms with Gasteiger partial charge in [0.25, 0.3) is 0 Å².